The van der Waals surface area contributed by atoms with E-state index in [9.17, 15) is 9.90 Å². The van der Waals surface area contributed by atoms with E-state index in [0.29, 0.717) is 17.4 Å². The smallest absolute Gasteiger partial charge is 0.251 e. The highest BCUT2D eigenvalue weighted by molar-refractivity contribution is 5.95. The van der Waals surface area contributed by atoms with Gasteiger partial charge in [-0.1, -0.05) is 19.8 Å². The van der Waals surface area contributed by atoms with E-state index in [4.69, 9.17) is 0 Å². The van der Waals surface area contributed by atoms with Crippen LogP contribution in [-0.2, 0) is 0 Å². The number of hydrogen-bond donors (Lipinski definition) is 2. The van der Waals surface area contributed by atoms with E-state index in [1.54, 1.807) is 18.2 Å². The summed E-state index contributed by atoms with van der Waals surface area (Å²) >= 11 is 0. The number of carbonyl (C=O) groups is 1. The number of phenols is 1. The fourth-order valence-corrected chi connectivity index (χ4v) is 2.75. The molecule has 1 fully saturated rings. The molecule has 0 heterocycles. The molecule has 0 spiro atoms. The minimum atomic E-state index is -0.0356. The molecule has 18 heavy (non-hydrogen) atoms. The first-order chi connectivity index (χ1) is 8.58. The quantitative estimate of drug-likeness (QED) is 0.863. The second-order valence-electron chi connectivity index (χ2n) is 5.38. The van der Waals surface area contributed by atoms with Gasteiger partial charge in [-0.2, -0.15) is 0 Å². The van der Waals surface area contributed by atoms with Crippen LogP contribution in [0, 0.1) is 18.8 Å². The average molecular weight is 247 g/mol. The molecule has 3 heteroatoms. The van der Waals surface area contributed by atoms with Gasteiger partial charge in [0.25, 0.3) is 5.91 Å². The first-order valence-electron chi connectivity index (χ1n) is 6.65. The van der Waals surface area contributed by atoms with E-state index >= 15 is 0 Å². The van der Waals surface area contributed by atoms with Crippen molar-refractivity contribution in [3.8, 4) is 5.75 Å². The van der Waals surface area contributed by atoms with Gasteiger partial charge in [-0.25, -0.2) is 0 Å². The molecule has 0 saturated heterocycles. The monoisotopic (exact) mass is 247 g/mol. The number of aromatic hydroxyl groups is 1. The maximum atomic E-state index is 12.0. The van der Waals surface area contributed by atoms with Crippen molar-refractivity contribution in [2.45, 2.75) is 33.1 Å². The highest BCUT2D eigenvalue weighted by Crippen LogP contribution is 2.30. The van der Waals surface area contributed by atoms with Crippen LogP contribution in [0.4, 0.5) is 0 Å². The second kappa shape index (κ2) is 5.42. The molecule has 2 N–H and O–H groups in total. The van der Waals surface area contributed by atoms with E-state index in [-0.39, 0.29) is 11.7 Å². The van der Waals surface area contributed by atoms with Crippen molar-refractivity contribution in [3.63, 3.8) is 0 Å². The second-order valence-corrected chi connectivity index (χ2v) is 5.38. The number of nitrogens with one attached hydrogen (secondary N) is 1. The Morgan fingerprint density at radius 3 is 2.83 bits per heavy atom. The lowest BCUT2D eigenvalue weighted by Crippen LogP contribution is -2.30. The van der Waals surface area contributed by atoms with Gasteiger partial charge in [0.2, 0.25) is 0 Å². The van der Waals surface area contributed by atoms with Crippen molar-refractivity contribution in [3.05, 3.63) is 29.3 Å². The molecule has 2 unspecified atom stereocenters. The molecule has 98 valence electrons. The molecule has 1 aliphatic carbocycles. The fourth-order valence-electron chi connectivity index (χ4n) is 2.75. The average Bonchev–Trinajstić information content (AvgIpc) is 2.72. The summed E-state index contributed by atoms with van der Waals surface area (Å²) in [5.74, 6) is 1.50. The summed E-state index contributed by atoms with van der Waals surface area (Å²) in [5, 5.41) is 12.3. The number of amides is 1. The van der Waals surface area contributed by atoms with Gasteiger partial charge in [0.15, 0.2) is 0 Å². The van der Waals surface area contributed by atoms with Gasteiger partial charge in [-0.3, -0.25) is 4.79 Å². The summed E-state index contributed by atoms with van der Waals surface area (Å²) in [6, 6.07) is 4.85. The number of phenolic OH excluding ortho intramolecular Hbond substituents is 1. The molecule has 0 bridgehead atoms. The third-order valence-electron chi connectivity index (χ3n) is 4.02. The fraction of sp³-hybridized carbons (Fsp3) is 0.533. The molecular weight excluding hydrogens is 226 g/mol. The predicted molar refractivity (Wildman–Crippen MR) is 71.7 cm³/mol. The molecule has 0 radical (unpaired) electrons. The SMILES string of the molecule is Cc1cc(O)ccc1C(=O)NCC1CCCC1C. The number of hydrogen-bond acceptors (Lipinski definition) is 2. The van der Waals surface area contributed by atoms with Gasteiger partial charge in [0.05, 0.1) is 0 Å². The van der Waals surface area contributed by atoms with Crippen LogP contribution < -0.4 is 5.32 Å². The zero-order chi connectivity index (χ0) is 13.1. The third-order valence-corrected chi connectivity index (χ3v) is 4.02. The Bertz CT molecular complexity index is 442. The maximum Gasteiger partial charge on any atom is 0.251 e. The van der Waals surface area contributed by atoms with Crippen LogP contribution in [0.5, 0.6) is 5.75 Å². The minimum absolute atomic E-state index is 0.0356. The lowest BCUT2D eigenvalue weighted by molar-refractivity contribution is 0.0944. The van der Waals surface area contributed by atoms with Crippen LogP contribution >= 0.6 is 0 Å². The molecule has 1 aliphatic rings. The summed E-state index contributed by atoms with van der Waals surface area (Å²) in [5.41, 5.74) is 1.46. The van der Waals surface area contributed by atoms with Gasteiger partial charge in [-0.05, 0) is 48.9 Å². The summed E-state index contributed by atoms with van der Waals surface area (Å²) in [6.07, 6.45) is 3.77. The van der Waals surface area contributed by atoms with Crippen molar-refractivity contribution >= 4 is 5.91 Å². The van der Waals surface area contributed by atoms with Gasteiger partial charge in [-0.15, -0.1) is 0 Å². The van der Waals surface area contributed by atoms with Gasteiger partial charge in [0, 0.05) is 12.1 Å². The molecule has 1 aromatic carbocycles. The van der Waals surface area contributed by atoms with Crippen molar-refractivity contribution in [1.29, 1.82) is 0 Å². The lowest BCUT2D eigenvalue weighted by Gasteiger charge is -2.16. The summed E-state index contributed by atoms with van der Waals surface area (Å²) in [4.78, 5) is 12.0. The molecule has 2 rings (SSSR count). The topological polar surface area (TPSA) is 49.3 Å². The number of rotatable bonds is 3. The Morgan fingerprint density at radius 2 is 2.22 bits per heavy atom. The third kappa shape index (κ3) is 2.84. The van der Waals surface area contributed by atoms with Crippen molar-refractivity contribution in [1.82, 2.24) is 5.32 Å². The molecule has 3 nitrogen and oxygen atoms in total. The Morgan fingerprint density at radius 1 is 1.44 bits per heavy atom. The van der Waals surface area contributed by atoms with E-state index in [0.717, 1.165) is 12.1 Å². The summed E-state index contributed by atoms with van der Waals surface area (Å²) < 4.78 is 0. The van der Waals surface area contributed by atoms with E-state index in [1.807, 2.05) is 6.92 Å². The molecule has 1 aromatic rings. The summed E-state index contributed by atoms with van der Waals surface area (Å²) in [7, 11) is 0. The first-order valence-corrected chi connectivity index (χ1v) is 6.65. The van der Waals surface area contributed by atoms with Crippen LogP contribution in [-0.4, -0.2) is 17.6 Å². The number of aryl methyl sites for hydroxylation is 1. The number of benzene rings is 1. The molecule has 1 saturated carbocycles. The molecular formula is C15H21NO2. The normalized spacial score (nSPS) is 23.0. The van der Waals surface area contributed by atoms with Crippen LogP contribution in [0.1, 0.15) is 42.1 Å². The van der Waals surface area contributed by atoms with Crippen LogP contribution in [0.3, 0.4) is 0 Å². The number of carbonyl (C=O) groups excluding carboxylic acids is 1. The molecule has 0 aromatic heterocycles. The van der Waals surface area contributed by atoms with Crippen LogP contribution in [0.25, 0.3) is 0 Å². The van der Waals surface area contributed by atoms with Crippen molar-refractivity contribution < 1.29 is 9.90 Å². The largest absolute Gasteiger partial charge is 0.508 e. The maximum absolute atomic E-state index is 12.0. The van der Waals surface area contributed by atoms with Gasteiger partial charge < -0.3 is 10.4 Å². The Hall–Kier alpha value is -1.51. The van der Waals surface area contributed by atoms with Crippen LogP contribution in [0.15, 0.2) is 18.2 Å². The van der Waals surface area contributed by atoms with Crippen molar-refractivity contribution in [2.75, 3.05) is 6.54 Å². The Kier molecular flexibility index (Phi) is 3.90. The van der Waals surface area contributed by atoms with Gasteiger partial charge in [0.1, 0.15) is 5.75 Å². The molecule has 0 aliphatic heterocycles. The van der Waals surface area contributed by atoms with Crippen molar-refractivity contribution in [2.24, 2.45) is 11.8 Å². The Labute approximate surface area is 108 Å². The lowest BCUT2D eigenvalue weighted by atomic mass is 9.98. The van der Waals surface area contributed by atoms with E-state index < -0.39 is 0 Å². The van der Waals surface area contributed by atoms with Gasteiger partial charge >= 0.3 is 0 Å². The zero-order valence-electron chi connectivity index (χ0n) is 11.1. The first kappa shape index (κ1) is 12.9. The molecule has 1 amide bonds. The highest BCUT2D eigenvalue weighted by atomic mass is 16.3. The minimum Gasteiger partial charge on any atom is -0.508 e. The predicted octanol–water partition coefficient (Wildman–Crippen LogP) is 2.87. The molecule has 2 atom stereocenters. The summed E-state index contributed by atoms with van der Waals surface area (Å²) in [6.45, 7) is 4.86. The highest BCUT2D eigenvalue weighted by Gasteiger charge is 2.23. The van der Waals surface area contributed by atoms with E-state index in [2.05, 4.69) is 12.2 Å². The van der Waals surface area contributed by atoms with E-state index in [1.165, 1.54) is 19.3 Å². The Balaban J connectivity index is 1.95. The zero-order valence-corrected chi connectivity index (χ0v) is 11.1. The van der Waals surface area contributed by atoms with Crippen LogP contribution in [0.2, 0.25) is 0 Å². The standard InChI is InChI=1S/C15H21NO2/c1-10-4-3-5-12(10)9-16-15(18)14-7-6-13(17)8-11(14)2/h6-8,10,12,17H,3-5,9H2,1-2H3,(H,16,18).